The maximum atomic E-state index is 13.2. The Morgan fingerprint density at radius 1 is 1.17 bits per heavy atom. The lowest BCUT2D eigenvalue weighted by molar-refractivity contribution is 0.0746. The summed E-state index contributed by atoms with van der Waals surface area (Å²) in [6.45, 7) is 6.91. The van der Waals surface area contributed by atoms with Crippen molar-refractivity contribution in [3.05, 3.63) is 64.1 Å². The summed E-state index contributed by atoms with van der Waals surface area (Å²) in [6, 6.07) is 11.1. The fraction of sp³-hybridized carbons (Fsp3) is 0.286. The zero-order chi connectivity index (χ0) is 20.5. The number of nitrogens with zero attached hydrogens (tertiary/aromatic N) is 4. The lowest BCUT2D eigenvalue weighted by Gasteiger charge is -2.21. The fourth-order valence-electron chi connectivity index (χ4n) is 3.30. The Bertz CT molecular complexity index is 1080. The summed E-state index contributed by atoms with van der Waals surface area (Å²) in [4.78, 5) is 19.4. The second-order valence-corrected chi connectivity index (χ2v) is 7.25. The van der Waals surface area contributed by atoms with Crippen molar-refractivity contribution in [2.75, 3.05) is 13.3 Å². The van der Waals surface area contributed by atoms with E-state index in [1.807, 2.05) is 45.0 Å². The first-order valence-corrected chi connectivity index (χ1v) is 9.72. The van der Waals surface area contributed by atoms with E-state index in [2.05, 4.69) is 10.1 Å². The van der Waals surface area contributed by atoms with Gasteiger partial charge in [-0.05, 0) is 56.7 Å². The molecule has 0 spiro atoms. The third-order valence-corrected chi connectivity index (χ3v) is 5.04. The molecular formula is C21H21ClN4O3. The largest absolute Gasteiger partial charge is 0.454 e. The topological polar surface area (TPSA) is 69.5 Å². The second kappa shape index (κ2) is 7.75. The predicted octanol–water partition coefficient (Wildman–Crippen LogP) is 3.93. The number of benzene rings is 1. The molecule has 0 unspecified atom stereocenters. The van der Waals surface area contributed by atoms with Gasteiger partial charge in [0.25, 0.3) is 5.91 Å². The molecule has 8 heteroatoms. The minimum Gasteiger partial charge on any atom is -0.454 e. The van der Waals surface area contributed by atoms with Gasteiger partial charge in [0.2, 0.25) is 6.79 Å². The molecule has 0 atom stereocenters. The molecule has 4 rings (SSSR count). The van der Waals surface area contributed by atoms with Crippen LogP contribution in [-0.2, 0) is 6.54 Å². The minimum atomic E-state index is -0.237. The van der Waals surface area contributed by atoms with E-state index in [1.165, 1.54) is 0 Å². The van der Waals surface area contributed by atoms with Crippen LogP contribution < -0.4 is 9.47 Å². The number of carbonyl (C=O) groups is 1. The first-order valence-electron chi connectivity index (χ1n) is 9.34. The van der Waals surface area contributed by atoms with Crippen LogP contribution in [0.1, 0.15) is 34.4 Å². The highest BCUT2D eigenvalue weighted by atomic mass is 35.5. The molecule has 7 nitrogen and oxygen atoms in total. The van der Waals surface area contributed by atoms with Crippen molar-refractivity contribution < 1.29 is 14.3 Å². The van der Waals surface area contributed by atoms with E-state index < -0.39 is 0 Å². The molecule has 1 aliphatic heterocycles. The highest BCUT2D eigenvalue weighted by Crippen LogP contribution is 2.33. The van der Waals surface area contributed by atoms with E-state index in [9.17, 15) is 4.79 Å². The molecule has 3 aromatic rings. The van der Waals surface area contributed by atoms with Crippen LogP contribution in [0.25, 0.3) is 5.82 Å². The highest BCUT2D eigenvalue weighted by Gasteiger charge is 2.22. The summed E-state index contributed by atoms with van der Waals surface area (Å²) < 4.78 is 12.5. The molecule has 1 aliphatic rings. The molecule has 0 fully saturated rings. The predicted molar refractivity (Wildman–Crippen MR) is 109 cm³/mol. The Morgan fingerprint density at radius 3 is 2.69 bits per heavy atom. The van der Waals surface area contributed by atoms with Crippen LogP contribution in [0.5, 0.6) is 11.5 Å². The average Bonchev–Trinajstić information content (AvgIpc) is 3.31. The molecule has 0 aliphatic carbocycles. The summed E-state index contributed by atoms with van der Waals surface area (Å²) in [6.07, 6.45) is 0. The lowest BCUT2D eigenvalue weighted by atomic mass is 10.1. The third kappa shape index (κ3) is 3.78. The summed E-state index contributed by atoms with van der Waals surface area (Å²) in [7, 11) is 0. The number of rotatable bonds is 5. The van der Waals surface area contributed by atoms with Gasteiger partial charge in [-0.1, -0.05) is 17.7 Å². The van der Waals surface area contributed by atoms with E-state index in [-0.39, 0.29) is 18.4 Å². The van der Waals surface area contributed by atoms with Crippen LogP contribution in [0.15, 0.2) is 36.4 Å². The van der Waals surface area contributed by atoms with E-state index in [1.54, 1.807) is 21.7 Å². The summed E-state index contributed by atoms with van der Waals surface area (Å²) in [5.74, 6) is 1.72. The molecule has 1 amide bonds. The molecule has 0 N–H and O–H groups in total. The van der Waals surface area contributed by atoms with Crippen molar-refractivity contribution in [2.24, 2.45) is 0 Å². The summed E-state index contributed by atoms with van der Waals surface area (Å²) in [5, 5.41) is 4.75. The first kappa shape index (κ1) is 19.3. The molecule has 29 heavy (non-hydrogen) atoms. The number of hydrogen-bond donors (Lipinski definition) is 0. The molecule has 0 bridgehead atoms. The van der Waals surface area contributed by atoms with Gasteiger partial charge in [-0.2, -0.15) is 5.10 Å². The van der Waals surface area contributed by atoms with E-state index in [0.717, 1.165) is 17.0 Å². The molecule has 0 saturated heterocycles. The standard InChI is InChI=1S/C21H21ClN4O3/c1-4-25(11-15-5-7-17-18(10-15)29-12-28-17)21(27)20-16(22)6-8-19(23-20)26-14(3)9-13(2)24-26/h5-10H,4,11-12H2,1-3H3. The first-order chi connectivity index (χ1) is 14.0. The van der Waals surface area contributed by atoms with Crippen molar-refractivity contribution in [3.63, 3.8) is 0 Å². The normalized spacial score (nSPS) is 12.3. The number of halogens is 1. The van der Waals surface area contributed by atoms with Gasteiger partial charge >= 0.3 is 0 Å². The number of aromatic nitrogens is 3. The fourth-order valence-corrected chi connectivity index (χ4v) is 3.48. The van der Waals surface area contributed by atoms with Crippen molar-refractivity contribution in [1.29, 1.82) is 0 Å². The van der Waals surface area contributed by atoms with Gasteiger partial charge in [0.15, 0.2) is 17.3 Å². The van der Waals surface area contributed by atoms with E-state index in [0.29, 0.717) is 35.4 Å². The number of pyridine rings is 1. The van der Waals surface area contributed by atoms with Crippen LogP contribution in [0, 0.1) is 13.8 Å². The van der Waals surface area contributed by atoms with Gasteiger partial charge in [-0.15, -0.1) is 0 Å². The van der Waals surface area contributed by atoms with Crippen molar-refractivity contribution in [3.8, 4) is 17.3 Å². The van der Waals surface area contributed by atoms with Crippen LogP contribution in [0.2, 0.25) is 5.02 Å². The van der Waals surface area contributed by atoms with Crippen molar-refractivity contribution >= 4 is 17.5 Å². The maximum absolute atomic E-state index is 13.2. The van der Waals surface area contributed by atoms with Gasteiger partial charge in [0, 0.05) is 18.8 Å². The zero-order valence-corrected chi connectivity index (χ0v) is 17.2. The smallest absolute Gasteiger partial charge is 0.274 e. The average molecular weight is 413 g/mol. The Hall–Kier alpha value is -3.06. The molecule has 2 aromatic heterocycles. The molecule has 150 valence electrons. The van der Waals surface area contributed by atoms with E-state index in [4.69, 9.17) is 21.1 Å². The van der Waals surface area contributed by atoms with Gasteiger partial charge in [-0.25, -0.2) is 9.67 Å². The third-order valence-electron chi connectivity index (χ3n) is 4.74. The quantitative estimate of drug-likeness (QED) is 0.635. The molecular weight excluding hydrogens is 392 g/mol. The van der Waals surface area contributed by atoms with Crippen molar-refractivity contribution in [1.82, 2.24) is 19.7 Å². The number of amides is 1. The second-order valence-electron chi connectivity index (χ2n) is 6.85. The zero-order valence-electron chi connectivity index (χ0n) is 16.5. The Morgan fingerprint density at radius 2 is 1.97 bits per heavy atom. The minimum absolute atomic E-state index is 0.208. The molecule has 1 aromatic carbocycles. The lowest BCUT2D eigenvalue weighted by Crippen LogP contribution is -2.31. The van der Waals surface area contributed by atoms with Gasteiger partial charge in [0.05, 0.1) is 10.7 Å². The van der Waals surface area contributed by atoms with Crippen LogP contribution in [0.4, 0.5) is 0 Å². The van der Waals surface area contributed by atoms with Gasteiger partial charge in [0.1, 0.15) is 5.69 Å². The number of aryl methyl sites for hydroxylation is 2. The highest BCUT2D eigenvalue weighted by molar-refractivity contribution is 6.33. The van der Waals surface area contributed by atoms with Crippen LogP contribution in [-0.4, -0.2) is 38.9 Å². The SMILES string of the molecule is CCN(Cc1ccc2c(c1)OCO2)C(=O)c1nc(-n2nc(C)cc2C)ccc1Cl. The molecule has 0 saturated carbocycles. The van der Waals surface area contributed by atoms with Gasteiger partial charge < -0.3 is 14.4 Å². The van der Waals surface area contributed by atoms with Crippen LogP contribution in [0.3, 0.4) is 0 Å². The Labute approximate surface area is 173 Å². The monoisotopic (exact) mass is 412 g/mol. The number of hydrogen-bond acceptors (Lipinski definition) is 5. The van der Waals surface area contributed by atoms with Crippen LogP contribution >= 0.6 is 11.6 Å². The Kier molecular flexibility index (Phi) is 5.15. The Balaban J connectivity index is 1.61. The molecule has 3 heterocycles. The van der Waals surface area contributed by atoms with Crippen molar-refractivity contribution in [2.45, 2.75) is 27.3 Å². The summed E-state index contributed by atoms with van der Waals surface area (Å²) >= 11 is 6.33. The maximum Gasteiger partial charge on any atom is 0.274 e. The number of fused-ring (bicyclic) bond motifs is 1. The summed E-state index contributed by atoms with van der Waals surface area (Å²) in [5.41, 5.74) is 2.96. The number of carbonyl (C=O) groups excluding carboxylic acids is 1. The molecule has 0 radical (unpaired) electrons. The van der Waals surface area contributed by atoms with E-state index >= 15 is 0 Å². The van der Waals surface area contributed by atoms with Gasteiger partial charge in [-0.3, -0.25) is 4.79 Å². The number of ether oxygens (including phenoxy) is 2.